The molecule has 0 spiro atoms. The van der Waals surface area contributed by atoms with Gasteiger partial charge >= 0.3 is 6.03 Å². The first kappa shape index (κ1) is 20.0. The van der Waals surface area contributed by atoms with Crippen LogP contribution < -0.4 is 20.1 Å². The van der Waals surface area contributed by atoms with Gasteiger partial charge in [-0.15, -0.1) is 0 Å². The van der Waals surface area contributed by atoms with Gasteiger partial charge in [-0.1, -0.05) is 32.0 Å². The van der Waals surface area contributed by atoms with Crippen LogP contribution in [0.2, 0.25) is 0 Å². The van der Waals surface area contributed by atoms with Gasteiger partial charge in [-0.3, -0.25) is 0 Å². The van der Waals surface area contributed by atoms with Crippen molar-refractivity contribution in [3.05, 3.63) is 59.4 Å². The molecule has 1 aliphatic heterocycles. The van der Waals surface area contributed by atoms with Gasteiger partial charge in [-0.25, -0.2) is 9.18 Å². The van der Waals surface area contributed by atoms with Gasteiger partial charge in [0.05, 0.1) is 0 Å². The predicted molar refractivity (Wildman–Crippen MR) is 106 cm³/mol. The minimum absolute atomic E-state index is 0.134. The van der Waals surface area contributed by atoms with Crippen molar-refractivity contribution in [3.8, 4) is 11.5 Å². The first-order valence-corrected chi connectivity index (χ1v) is 9.67. The lowest BCUT2D eigenvalue weighted by molar-refractivity contribution is 0.174. The summed E-state index contributed by atoms with van der Waals surface area (Å²) in [5.41, 5.74) is 2.01. The normalized spacial score (nSPS) is 13.4. The molecule has 2 N–H and O–H groups in total. The van der Waals surface area contributed by atoms with E-state index < -0.39 is 0 Å². The highest BCUT2D eigenvalue weighted by Crippen LogP contribution is 2.32. The molecule has 0 aromatic heterocycles. The zero-order chi connectivity index (χ0) is 19.9. The molecule has 2 amide bonds. The molecule has 0 aliphatic carbocycles. The van der Waals surface area contributed by atoms with Gasteiger partial charge in [0.1, 0.15) is 5.82 Å². The largest absolute Gasteiger partial charge is 0.454 e. The fourth-order valence-electron chi connectivity index (χ4n) is 3.14. The molecular formula is C22H27FN2O3. The van der Waals surface area contributed by atoms with Crippen molar-refractivity contribution >= 4 is 6.03 Å². The number of carbonyl (C=O) groups is 1. The summed E-state index contributed by atoms with van der Waals surface area (Å²) in [6.45, 7) is 5.11. The van der Waals surface area contributed by atoms with Crippen molar-refractivity contribution in [1.29, 1.82) is 0 Å². The Balaban J connectivity index is 1.66. The van der Waals surface area contributed by atoms with Crippen molar-refractivity contribution in [3.63, 3.8) is 0 Å². The molecule has 150 valence electrons. The minimum atomic E-state index is -0.268. The van der Waals surface area contributed by atoms with E-state index in [0.29, 0.717) is 25.3 Å². The van der Waals surface area contributed by atoms with E-state index >= 15 is 0 Å². The number of amides is 2. The number of benzene rings is 2. The molecule has 0 fully saturated rings. The summed E-state index contributed by atoms with van der Waals surface area (Å²) in [5.74, 6) is 1.72. The fraction of sp³-hybridized carbons (Fsp3) is 0.409. The summed E-state index contributed by atoms with van der Waals surface area (Å²) < 4.78 is 24.0. The van der Waals surface area contributed by atoms with Crippen molar-refractivity contribution < 1.29 is 18.7 Å². The van der Waals surface area contributed by atoms with E-state index in [1.165, 1.54) is 12.1 Å². The van der Waals surface area contributed by atoms with E-state index in [9.17, 15) is 9.18 Å². The maximum absolute atomic E-state index is 13.2. The summed E-state index contributed by atoms with van der Waals surface area (Å²) in [4.78, 5) is 12.3. The van der Waals surface area contributed by atoms with Crippen LogP contribution in [0.15, 0.2) is 42.5 Å². The van der Waals surface area contributed by atoms with Crippen LogP contribution in [-0.4, -0.2) is 25.4 Å². The molecule has 1 heterocycles. The second kappa shape index (κ2) is 9.44. The Morgan fingerprint density at radius 1 is 1.04 bits per heavy atom. The molecule has 6 heteroatoms. The Kier molecular flexibility index (Phi) is 6.74. The van der Waals surface area contributed by atoms with Crippen LogP contribution in [0.1, 0.15) is 31.4 Å². The Morgan fingerprint density at radius 3 is 2.46 bits per heavy atom. The topological polar surface area (TPSA) is 59.6 Å². The van der Waals surface area contributed by atoms with Crippen molar-refractivity contribution in [1.82, 2.24) is 10.6 Å². The second-order valence-corrected chi connectivity index (χ2v) is 7.50. The smallest absolute Gasteiger partial charge is 0.315 e. The van der Waals surface area contributed by atoms with Gasteiger partial charge in [-0.2, -0.15) is 0 Å². The molecule has 3 rings (SSSR count). The third-order valence-electron chi connectivity index (χ3n) is 4.66. The second-order valence-electron chi connectivity index (χ2n) is 7.50. The van der Waals surface area contributed by atoms with Crippen molar-refractivity contribution in [2.45, 2.75) is 39.2 Å². The van der Waals surface area contributed by atoms with Gasteiger partial charge in [0.2, 0.25) is 6.79 Å². The Bertz CT molecular complexity index is 793. The van der Waals surface area contributed by atoms with Crippen molar-refractivity contribution in [2.24, 2.45) is 5.92 Å². The number of urea groups is 1. The Morgan fingerprint density at radius 2 is 1.71 bits per heavy atom. The zero-order valence-electron chi connectivity index (χ0n) is 16.3. The van der Waals surface area contributed by atoms with Gasteiger partial charge < -0.3 is 20.1 Å². The monoisotopic (exact) mass is 386 g/mol. The van der Waals surface area contributed by atoms with Crippen LogP contribution >= 0.6 is 0 Å². The highest BCUT2D eigenvalue weighted by Gasteiger charge is 2.18. The number of fused-ring (bicyclic) bond motifs is 1. The molecule has 0 radical (unpaired) electrons. The van der Waals surface area contributed by atoms with Gasteiger partial charge in [0.15, 0.2) is 11.5 Å². The summed E-state index contributed by atoms with van der Waals surface area (Å²) in [6.07, 6.45) is 2.16. The SMILES string of the molecule is CC(C)CCNC(=O)NC(Cc1ccc(F)cc1)Cc1ccc2c(c1)OCO2. The first-order valence-electron chi connectivity index (χ1n) is 9.67. The van der Waals surface area contributed by atoms with Crippen LogP contribution in [-0.2, 0) is 12.8 Å². The maximum Gasteiger partial charge on any atom is 0.315 e. The molecule has 2 aromatic carbocycles. The van der Waals surface area contributed by atoms with Gasteiger partial charge in [0, 0.05) is 12.6 Å². The predicted octanol–water partition coefficient (Wildman–Crippen LogP) is 4.05. The molecule has 1 unspecified atom stereocenters. The fourth-order valence-corrected chi connectivity index (χ4v) is 3.14. The van der Waals surface area contributed by atoms with Crippen LogP contribution in [0.4, 0.5) is 9.18 Å². The van der Waals surface area contributed by atoms with E-state index in [2.05, 4.69) is 24.5 Å². The van der Waals surface area contributed by atoms with E-state index in [4.69, 9.17) is 9.47 Å². The molecule has 1 aliphatic rings. The number of hydrogen-bond acceptors (Lipinski definition) is 3. The van der Waals surface area contributed by atoms with E-state index in [1.54, 1.807) is 12.1 Å². The van der Waals surface area contributed by atoms with E-state index in [0.717, 1.165) is 29.0 Å². The number of ether oxygens (including phenoxy) is 2. The third-order valence-corrected chi connectivity index (χ3v) is 4.66. The summed E-state index contributed by atoms with van der Waals surface area (Å²) in [7, 11) is 0. The number of hydrogen-bond donors (Lipinski definition) is 2. The van der Waals surface area contributed by atoms with Crippen molar-refractivity contribution in [2.75, 3.05) is 13.3 Å². The number of nitrogens with one attached hydrogen (secondary N) is 2. The maximum atomic E-state index is 13.2. The highest BCUT2D eigenvalue weighted by atomic mass is 19.1. The molecule has 0 bridgehead atoms. The summed E-state index contributed by atoms with van der Waals surface area (Å²) >= 11 is 0. The lowest BCUT2D eigenvalue weighted by atomic mass is 9.98. The van der Waals surface area contributed by atoms with E-state index in [-0.39, 0.29) is 24.7 Å². The quantitative estimate of drug-likeness (QED) is 0.719. The number of rotatable bonds is 8. The minimum Gasteiger partial charge on any atom is -0.454 e. The number of halogens is 1. The average Bonchev–Trinajstić information content (AvgIpc) is 3.11. The van der Waals surface area contributed by atoms with Crippen LogP contribution in [0, 0.1) is 11.7 Å². The molecule has 5 nitrogen and oxygen atoms in total. The van der Waals surface area contributed by atoms with Gasteiger partial charge in [-0.05, 0) is 60.6 Å². The molecule has 0 saturated heterocycles. The lowest BCUT2D eigenvalue weighted by Gasteiger charge is -2.20. The molecule has 2 aromatic rings. The van der Waals surface area contributed by atoms with Gasteiger partial charge in [0.25, 0.3) is 0 Å². The lowest BCUT2D eigenvalue weighted by Crippen LogP contribution is -2.44. The first-order chi connectivity index (χ1) is 13.5. The molecule has 1 atom stereocenters. The third kappa shape index (κ3) is 5.87. The highest BCUT2D eigenvalue weighted by molar-refractivity contribution is 5.74. The molecule has 0 saturated carbocycles. The molecule has 28 heavy (non-hydrogen) atoms. The Hall–Kier alpha value is -2.76. The van der Waals surface area contributed by atoms with Crippen LogP contribution in [0.3, 0.4) is 0 Å². The van der Waals surface area contributed by atoms with Crippen LogP contribution in [0.5, 0.6) is 11.5 Å². The standard InChI is InChI=1S/C22H27FN2O3/c1-15(2)9-10-24-22(26)25-19(11-16-3-6-18(23)7-4-16)12-17-5-8-20-21(13-17)28-14-27-20/h3-8,13,15,19H,9-12,14H2,1-2H3,(H2,24,25,26). The molecular weight excluding hydrogens is 359 g/mol. The zero-order valence-corrected chi connectivity index (χ0v) is 16.3. The summed E-state index contributed by atoms with van der Waals surface area (Å²) in [5, 5.41) is 5.97. The Labute approximate surface area is 165 Å². The van der Waals surface area contributed by atoms with Crippen LogP contribution in [0.25, 0.3) is 0 Å². The van der Waals surface area contributed by atoms with E-state index in [1.807, 2.05) is 18.2 Å². The average molecular weight is 386 g/mol. The number of carbonyl (C=O) groups excluding carboxylic acids is 1. The summed E-state index contributed by atoms with van der Waals surface area (Å²) in [6, 6.07) is 11.9.